The van der Waals surface area contributed by atoms with Crippen LogP contribution in [0, 0.1) is 5.92 Å². The molecule has 6 nitrogen and oxygen atoms in total. The van der Waals surface area contributed by atoms with Gasteiger partial charge in [0.1, 0.15) is 0 Å². The molecule has 0 radical (unpaired) electrons. The Hall–Kier alpha value is -2.21. The molecule has 1 N–H and O–H groups in total. The molecule has 0 unspecified atom stereocenters. The smallest absolute Gasteiger partial charge is 0.232 e. The summed E-state index contributed by atoms with van der Waals surface area (Å²) in [6, 6.07) is 9.34. The summed E-state index contributed by atoms with van der Waals surface area (Å²) in [5.41, 5.74) is 0.763. The summed E-state index contributed by atoms with van der Waals surface area (Å²) in [5, 5.41) is 6.74. The summed E-state index contributed by atoms with van der Waals surface area (Å²) in [7, 11) is 0. The van der Waals surface area contributed by atoms with Gasteiger partial charge in [-0.3, -0.25) is 4.79 Å². The zero-order chi connectivity index (χ0) is 16.8. The van der Waals surface area contributed by atoms with Crippen LogP contribution in [-0.4, -0.2) is 28.8 Å². The van der Waals surface area contributed by atoms with Gasteiger partial charge in [-0.25, -0.2) is 0 Å². The highest BCUT2D eigenvalue weighted by molar-refractivity contribution is 5.91. The minimum atomic E-state index is -0.148. The molecule has 24 heavy (non-hydrogen) atoms. The van der Waals surface area contributed by atoms with Crippen molar-refractivity contribution in [3.63, 3.8) is 0 Å². The van der Waals surface area contributed by atoms with E-state index in [0.717, 1.165) is 38.0 Å². The van der Waals surface area contributed by atoms with Crippen LogP contribution < -0.4 is 5.32 Å². The first-order valence-corrected chi connectivity index (χ1v) is 8.51. The molecule has 3 rings (SSSR count). The molecule has 0 saturated carbocycles. The maximum absolute atomic E-state index is 12.0. The van der Waals surface area contributed by atoms with Crippen molar-refractivity contribution in [2.24, 2.45) is 5.92 Å². The zero-order valence-corrected chi connectivity index (χ0v) is 13.9. The fourth-order valence-electron chi connectivity index (χ4n) is 2.99. The summed E-state index contributed by atoms with van der Waals surface area (Å²) < 4.78 is 11.0. The van der Waals surface area contributed by atoms with Gasteiger partial charge in [0.05, 0.1) is 12.5 Å². The standard InChI is InChI=1S/C18H23N3O3/c1-2-15-10-13(8-9-23-15)11-18-20-16(21-24-18)12-17(22)19-14-6-4-3-5-7-14/h3-7,13,15H,2,8-12H2,1H3,(H,19,22)/t13-,15-/m1/s1. The summed E-state index contributed by atoms with van der Waals surface area (Å²) >= 11 is 0. The molecule has 1 amide bonds. The van der Waals surface area contributed by atoms with Gasteiger partial charge in [0, 0.05) is 18.7 Å². The molecule has 1 aromatic carbocycles. The van der Waals surface area contributed by atoms with Crippen LogP contribution in [0.3, 0.4) is 0 Å². The highest BCUT2D eigenvalue weighted by atomic mass is 16.5. The number of rotatable bonds is 6. The molecule has 1 aromatic heterocycles. The number of carbonyl (C=O) groups excluding carboxylic acids is 1. The molecule has 128 valence electrons. The number of ether oxygens (including phenoxy) is 1. The number of carbonyl (C=O) groups is 1. The van der Waals surface area contributed by atoms with Crippen LogP contribution in [0.4, 0.5) is 5.69 Å². The van der Waals surface area contributed by atoms with Crippen molar-refractivity contribution in [2.45, 2.75) is 45.1 Å². The van der Waals surface area contributed by atoms with E-state index in [0.29, 0.717) is 23.7 Å². The van der Waals surface area contributed by atoms with Crippen molar-refractivity contribution in [2.75, 3.05) is 11.9 Å². The molecule has 1 fully saturated rings. The van der Waals surface area contributed by atoms with Crippen molar-refractivity contribution >= 4 is 11.6 Å². The van der Waals surface area contributed by atoms with Crippen LogP contribution in [0.1, 0.15) is 37.9 Å². The Bertz CT molecular complexity index is 657. The summed E-state index contributed by atoms with van der Waals surface area (Å²) in [6.07, 6.45) is 4.29. The monoisotopic (exact) mass is 329 g/mol. The second-order valence-corrected chi connectivity index (χ2v) is 6.19. The number of benzene rings is 1. The van der Waals surface area contributed by atoms with Crippen LogP contribution in [0.15, 0.2) is 34.9 Å². The Balaban J connectivity index is 1.51. The van der Waals surface area contributed by atoms with Crippen molar-refractivity contribution in [1.82, 2.24) is 10.1 Å². The van der Waals surface area contributed by atoms with E-state index in [1.807, 2.05) is 30.3 Å². The fourth-order valence-corrected chi connectivity index (χ4v) is 2.99. The molecule has 0 spiro atoms. The van der Waals surface area contributed by atoms with Crippen molar-refractivity contribution < 1.29 is 14.1 Å². The van der Waals surface area contributed by atoms with Crippen LogP contribution in [-0.2, 0) is 22.4 Å². The van der Waals surface area contributed by atoms with Crippen LogP contribution in [0.5, 0.6) is 0 Å². The molecule has 0 bridgehead atoms. The number of para-hydroxylation sites is 1. The molecule has 1 saturated heterocycles. The van der Waals surface area contributed by atoms with Crippen molar-refractivity contribution in [3.8, 4) is 0 Å². The second-order valence-electron chi connectivity index (χ2n) is 6.19. The number of hydrogen-bond acceptors (Lipinski definition) is 5. The maximum atomic E-state index is 12.0. The number of hydrogen-bond donors (Lipinski definition) is 1. The summed E-state index contributed by atoms with van der Waals surface area (Å²) in [4.78, 5) is 16.4. The van der Waals surface area contributed by atoms with E-state index in [1.54, 1.807) is 0 Å². The van der Waals surface area contributed by atoms with Gasteiger partial charge in [0.25, 0.3) is 0 Å². The molecule has 6 heteroatoms. The zero-order valence-electron chi connectivity index (χ0n) is 13.9. The van der Waals surface area contributed by atoms with Gasteiger partial charge in [-0.15, -0.1) is 0 Å². The average Bonchev–Trinajstić information content (AvgIpc) is 3.02. The first-order chi connectivity index (χ1) is 11.7. The number of nitrogens with one attached hydrogen (secondary N) is 1. The summed E-state index contributed by atoms with van der Waals surface area (Å²) in [6.45, 7) is 2.94. The quantitative estimate of drug-likeness (QED) is 0.881. The molecular formula is C18H23N3O3. The largest absolute Gasteiger partial charge is 0.378 e. The second kappa shape index (κ2) is 8.06. The first kappa shape index (κ1) is 16.6. The van der Waals surface area contributed by atoms with Gasteiger partial charge >= 0.3 is 0 Å². The number of aromatic nitrogens is 2. The number of nitrogens with zero attached hydrogens (tertiary/aromatic N) is 2. The lowest BCUT2D eigenvalue weighted by atomic mass is 9.91. The van der Waals surface area contributed by atoms with Crippen LogP contribution >= 0.6 is 0 Å². The third kappa shape index (κ3) is 4.64. The predicted octanol–water partition coefficient (Wildman–Crippen LogP) is 3.00. The molecule has 0 aliphatic carbocycles. The van der Waals surface area contributed by atoms with Crippen LogP contribution in [0.2, 0.25) is 0 Å². The van der Waals surface area contributed by atoms with E-state index in [4.69, 9.17) is 9.26 Å². The van der Waals surface area contributed by atoms with E-state index < -0.39 is 0 Å². The first-order valence-electron chi connectivity index (χ1n) is 8.51. The van der Waals surface area contributed by atoms with E-state index in [2.05, 4.69) is 22.4 Å². The SMILES string of the molecule is CC[C@@H]1C[C@H](Cc2nc(CC(=O)Nc3ccccc3)no2)CCO1. The van der Waals surface area contributed by atoms with Gasteiger partial charge < -0.3 is 14.6 Å². The lowest BCUT2D eigenvalue weighted by molar-refractivity contribution is -0.115. The van der Waals surface area contributed by atoms with E-state index in [9.17, 15) is 4.79 Å². The summed E-state index contributed by atoms with van der Waals surface area (Å²) in [5.74, 6) is 1.40. The van der Waals surface area contributed by atoms with Gasteiger partial charge in [-0.2, -0.15) is 4.98 Å². The van der Waals surface area contributed by atoms with Gasteiger partial charge in [-0.05, 0) is 37.3 Å². The Morgan fingerprint density at radius 1 is 1.33 bits per heavy atom. The van der Waals surface area contributed by atoms with Crippen LogP contribution in [0.25, 0.3) is 0 Å². The molecule has 2 atom stereocenters. The van der Waals surface area contributed by atoms with Crippen molar-refractivity contribution in [3.05, 3.63) is 42.0 Å². The fraction of sp³-hybridized carbons (Fsp3) is 0.500. The van der Waals surface area contributed by atoms with E-state index in [-0.39, 0.29) is 12.3 Å². The van der Waals surface area contributed by atoms with E-state index in [1.165, 1.54) is 0 Å². The van der Waals surface area contributed by atoms with Gasteiger partial charge in [0.2, 0.25) is 11.8 Å². The average molecular weight is 329 g/mol. The number of amides is 1. The molecule has 2 aromatic rings. The molecule has 2 heterocycles. The Labute approximate surface area is 141 Å². The predicted molar refractivity (Wildman–Crippen MR) is 89.5 cm³/mol. The topological polar surface area (TPSA) is 77.3 Å². The highest BCUT2D eigenvalue weighted by Crippen LogP contribution is 2.25. The minimum Gasteiger partial charge on any atom is -0.378 e. The normalized spacial score (nSPS) is 20.7. The van der Waals surface area contributed by atoms with Gasteiger partial charge in [-0.1, -0.05) is 30.3 Å². The molecule has 1 aliphatic rings. The molecule has 1 aliphatic heterocycles. The lowest BCUT2D eigenvalue weighted by Gasteiger charge is -2.27. The Kier molecular flexibility index (Phi) is 5.59. The number of anilines is 1. The maximum Gasteiger partial charge on any atom is 0.232 e. The Morgan fingerprint density at radius 2 is 2.17 bits per heavy atom. The van der Waals surface area contributed by atoms with E-state index >= 15 is 0 Å². The lowest BCUT2D eigenvalue weighted by Crippen LogP contribution is -2.26. The third-order valence-corrected chi connectivity index (χ3v) is 4.28. The minimum absolute atomic E-state index is 0.115. The molecular weight excluding hydrogens is 306 g/mol. The third-order valence-electron chi connectivity index (χ3n) is 4.28. The van der Waals surface area contributed by atoms with Gasteiger partial charge in [0.15, 0.2) is 5.82 Å². The Morgan fingerprint density at radius 3 is 2.96 bits per heavy atom. The van der Waals surface area contributed by atoms with Crippen molar-refractivity contribution in [1.29, 1.82) is 0 Å². The highest BCUT2D eigenvalue weighted by Gasteiger charge is 2.23.